The Balaban J connectivity index is 1.35. The second-order valence-electron chi connectivity index (χ2n) is 7.32. The van der Waals surface area contributed by atoms with Gasteiger partial charge in [-0.25, -0.2) is 13.1 Å². The lowest BCUT2D eigenvalue weighted by molar-refractivity contribution is -0.117. The zero-order valence-corrected chi connectivity index (χ0v) is 18.6. The first-order valence-electron chi connectivity index (χ1n) is 9.58. The van der Waals surface area contributed by atoms with E-state index in [1.807, 2.05) is 12.1 Å². The molecule has 1 aliphatic rings. The van der Waals surface area contributed by atoms with Crippen LogP contribution in [-0.2, 0) is 21.4 Å². The molecule has 2 N–H and O–H groups in total. The van der Waals surface area contributed by atoms with E-state index in [9.17, 15) is 13.2 Å². The molecule has 1 aromatic heterocycles. The van der Waals surface area contributed by atoms with Crippen molar-refractivity contribution in [2.24, 2.45) is 5.92 Å². The molecule has 0 radical (unpaired) electrons. The van der Waals surface area contributed by atoms with E-state index >= 15 is 0 Å². The normalized spacial score (nSPS) is 17.9. The van der Waals surface area contributed by atoms with E-state index in [0.29, 0.717) is 21.3 Å². The Morgan fingerprint density at radius 3 is 2.39 bits per heavy atom. The van der Waals surface area contributed by atoms with Gasteiger partial charge in [0.05, 0.1) is 14.9 Å². The summed E-state index contributed by atoms with van der Waals surface area (Å²) in [6.45, 7) is 0.0792. The lowest BCUT2D eigenvalue weighted by Crippen LogP contribution is -2.23. The van der Waals surface area contributed by atoms with E-state index in [4.69, 9.17) is 23.2 Å². The molecule has 1 heterocycles. The van der Waals surface area contributed by atoms with Gasteiger partial charge in [0, 0.05) is 30.5 Å². The van der Waals surface area contributed by atoms with Gasteiger partial charge in [-0.1, -0.05) is 29.3 Å². The first-order chi connectivity index (χ1) is 14.8. The van der Waals surface area contributed by atoms with Crippen LogP contribution in [0.25, 0.3) is 0 Å². The third kappa shape index (κ3) is 5.25. The highest BCUT2D eigenvalue weighted by Crippen LogP contribution is 2.47. The van der Waals surface area contributed by atoms with E-state index < -0.39 is 10.0 Å². The van der Waals surface area contributed by atoms with E-state index in [-0.39, 0.29) is 29.2 Å². The van der Waals surface area contributed by atoms with Crippen molar-refractivity contribution in [2.45, 2.75) is 23.8 Å². The van der Waals surface area contributed by atoms with Gasteiger partial charge in [-0.2, -0.15) is 0 Å². The van der Waals surface area contributed by atoms with Crippen LogP contribution in [0.4, 0.5) is 5.69 Å². The number of rotatable bonds is 7. The molecular weight excluding hydrogens is 457 g/mol. The summed E-state index contributed by atoms with van der Waals surface area (Å²) in [4.78, 5) is 16.6. The van der Waals surface area contributed by atoms with Gasteiger partial charge in [-0.15, -0.1) is 0 Å². The molecule has 0 bridgehead atoms. The minimum absolute atomic E-state index is 0.0739. The van der Waals surface area contributed by atoms with Crippen LogP contribution >= 0.6 is 23.2 Å². The number of anilines is 1. The number of nitrogens with one attached hydrogen (secondary N) is 2. The number of aromatic nitrogens is 1. The van der Waals surface area contributed by atoms with Gasteiger partial charge in [0.25, 0.3) is 0 Å². The number of halogens is 2. The fraction of sp³-hybridized carbons (Fsp3) is 0.182. The van der Waals surface area contributed by atoms with E-state index in [2.05, 4.69) is 15.0 Å². The highest BCUT2D eigenvalue weighted by atomic mass is 35.5. The number of sulfonamides is 1. The molecule has 9 heteroatoms. The van der Waals surface area contributed by atoms with E-state index in [1.165, 1.54) is 12.1 Å². The number of carbonyl (C=O) groups excluding carboxylic acids is 1. The molecule has 0 saturated heterocycles. The third-order valence-electron chi connectivity index (χ3n) is 5.14. The maximum Gasteiger partial charge on any atom is 0.240 e. The summed E-state index contributed by atoms with van der Waals surface area (Å²) >= 11 is 11.8. The largest absolute Gasteiger partial charge is 0.326 e. The van der Waals surface area contributed by atoms with Crippen LogP contribution in [0.3, 0.4) is 0 Å². The van der Waals surface area contributed by atoms with E-state index in [1.54, 1.807) is 42.7 Å². The SMILES string of the molecule is O=C(Nc1ccc(S(=O)(=O)NCc2ccc(Cl)c(Cl)c2)cc1)C1CC1c1ccncc1. The zero-order valence-electron chi connectivity index (χ0n) is 16.3. The second kappa shape index (κ2) is 8.96. The van der Waals surface area contributed by atoms with Crippen molar-refractivity contribution in [3.8, 4) is 0 Å². The summed E-state index contributed by atoms with van der Waals surface area (Å²) in [5, 5.41) is 3.62. The van der Waals surface area contributed by atoms with Gasteiger partial charge in [0.1, 0.15) is 0 Å². The van der Waals surface area contributed by atoms with Crippen molar-refractivity contribution in [1.82, 2.24) is 9.71 Å². The van der Waals surface area contributed by atoms with Crippen molar-refractivity contribution >= 4 is 44.8 Å². The molecule has 1 aliphatic carbocycles. The van der Waals surface area contributed by atoms with Gasteiger partial charge >= 0.3 is 0 Å². The topological polar surface area (TPSA) is 88.2 Å². The minimum atomic E-state index is -3.72. The maximum absolute atomic E-state index is 12.5. The number of pyridine rings is 1. The summed E-state index contributed by atoms with van der Waals surface area (Å²) < 4.78 is 27.6. The van der Waals surface area contributed by atoms with Crippen LogP contribution < -0.4 is 10.0 Å². The Kier molecular flexibility index (Phi) is 6.29. The first kappa shape index (κ1) is 21.8. The fourth-order valence-corrected chi connectivity index (χ4v) is 4.67. The van der Waals surface area contributed by atoms with Gasteiger partial charge in [0.2, 0.25) is 15.9 Å². The van der Waals surface area contributed by atoms with Crippen LogP contribution in [0.2, 0.25) is 10.0 Å². The molecule has 2 unspecified atom stereocenters. The molecular formula is C22H19Cl2N3O3S. The lowest BCUT2D eigenvalue weighted by atomic mass is 10.1. The minimum Gasteiger partial charge on any atom is -0.326 e. The number of hydrogen-bond donors (Lipinski definition) is 2. The molecule has 2 aromatic carbocycles. The molecule has 31 heavy (non-hydrogen) atoms. The second-order valence-corrected chi connectivity index (χ2v) is 9.90. The Morgan fingerprint density at radius 1 is 1.00 bits per heavy atom. The van der Waals surface area contributed by atoms with Gasteiger partial charge < -0.3 is 5.32 Å². The molecule has 1 saturated carbocycles. The monoisotopic (exact) mass is 475 g/mol. The molecule has 1 fully saturated rings. The average molecular weight is 476 g/mol. The quantitative estimate of drug-likeness (QED) is 0.522. The third-order valence-corrected chi connectivity index (χ3v) is 7.30. The Morgan fingerprint density at radius 2 is 1.71 bits per heavy atom. The number of benzene rings is 2. The zero-order chi connectivity index (χ0) is 22.0. The number of hydrogen-bond acceptors (Lipinski definition) is 4. The van der Waals surface area contributed by atoms with Crippen LogP contribution in [0.1, 0.15) is 23.5 Å². The number of amides is 1. The molecule has 0 aliphatic heterocycles. The lowest BCUT2D eigenvalue weighted by Gasteiger charge is -2.09. The van der Waals surface area contributed by atoms with Crippen molar-refractivity contribution in [3.05, 3.63) is 88.2 Å². The van der Waals surface area contributed by atoms with Crippen LogP contribution in [0.15, 0.2) is 71.9 Å². The maximum atomic E-state index is 12.5. The van der Waals surface area contributed by atoms with Crippen molar-refractivity contribution in [1.29, 1.82) is 0 Å². The molecule has 2 atom stereocenters. The Hall–Kier alpha value is -2.45. The van der Waals surface area contributed by atoms with Crippen molar-refractivity contribution < 1.29 is 13.2 Å². The Labute approximate surface area is 190 Å². The summed E-state index contributed by atoms with van der Waals surface area (Å²) in [6, 6.07) is 14.8. The summed E-state index contributed by atoms with van der Waals surface area (Å²) in [5.74, 6) is 0.0436. The van der Waals surface area contributed by atoms with Gasteiger partial charge in [-0.05, 0) is 72.0 Å². The standard InChI is InChI=1S/C22H19Cl2N3O3S/c23-20-6-1-14(11-21(20)24)13-26-31(29,30)17-4-2-16(3-5-17)27-22(28)19-12-18(19)15-7-9-25-10-8-15/h1-11,18-19,26H,12-13H2,(H,27,28). The average Bonchev–Trinajstić information content (AvgIpc) is 3.57. The molecule has 160 valence electrons. The molecule has 4 rings (SSSR count). The van der Waals surface area contributed by atoms with Crippen LogP contribution in [-0.4, -0.2) is 19.3 Å². The molecule has 1 amide bonds. The van der Waals surface area contributed by atoms with Crippen LogP contribution in [0, 0.1) is 5.92 Å². The van der Waals surface area contributed by atoms with Crippen molar-refractivity contribution in [3.63, 3.8) is 0 Å². The molecule has 0 spiro atoms. The summed E-state index contributed by atoms with van der Waals surface area (Å²) in [6.07, 6.45) is 4.23. The highest BCUT2D eigenvalue weighted by molar-refractivity contribution is 7.89. The van der Waals surface area contributed by atoms with Gasteiger partial charge in [-0.3, -0.25) is 9.78 Å². The summed E-state index contributed by atoms with van der Waals surface area (Å²) in [7, 11) is -3.72. The smallest absolute Gasteiger partial charge is 0.240 e. The number of carbonyl (C=O) groups is 1. The van der Waals surface area contributed by atoms with Crippen molar-refractivity contribution in [2.75, 3.05) is 5.32 Å². The predicted octanol–water partition coefficient (Wildman–Crippen LogP) is 4.61. The van der Waals surface area contributed by atoms with Gasteiger partial charge in [0.15, 0.2) is 0 Å². The van der Waals surface area contributed by atoms with Crippen LogP contribution in [0.5, 0.6) is 0 Å². The summed E-state index contributed by atoms with van der Waals surface area (Å²) in [5.41, 5.74) is 2.34. The highest BCUT2D eigenvalue weighted by Gasteiger charge is 2.43. The predicted molar refractivity (Wildman–Crippen MR) is 121 cm³/mol. The Bertz CT molecular complexity index is 1200. The number of nitrogens with zero attached hydrogens (tertiary/aromatic N) is 1. The van der Waals surface area contributed by atoms with E-state index in [0.717, 1.165) is 12.0 Å². The molecule has 3 aromatic rings. The molecule has 6 nitrogen and oxygen atoms in total. The first-order valence-corrected chi connectivity index (χ1v) is 11.8. The fourth-order valence-electron chi connectivity index (χ4n) is 3.33.